The first-order chi connectivity index (χ1) is 9.85. The highest BCUT2D eigenvalue weighted by Crippen LogP contribution is 2.50. The maximum absolute atomic E-state index is 9.63. The Hall–Kier alpha value is -0.770. The first-order valence-corrected chi connectivity index (χ1v) is 8.23. The van der Waals surface area contributed by atoms with Crippen molar-refractivity contribution in [3.63, 3.8) is 0 Å². The van der Waals surface area contributed by atoms with Gasteiger partial charge in [0.15, 0.2) is 0 Å². The summed E-state index contributed by atoms with van der Waals surface area (Å²) in [5.41, 5.74) is 8.35. The quantitative estimate of drug-likeness (QED) is 0.218. The van der Waals surface area contributed by atoms with Crippen LogP contribution in [-0.2, 0) is 0 Å². The highest BCUT2D eigenvalue weighted by Gasteiger charge is 2.61. The van der Waals surface area contributed by atoms with Gasteiger partial charge in [0.05, 0.1) is 12.1 Å². The Balaban J connectivity index is 1.49. The summed E-state index contributed by atoms with van der Waals surface area (Å²) in [6.07, 6.45) is 12.4. The van der Waals surface area contributed by atoms with Crippen molar-refractivity contribution in [2.45, 2.75) is 75.8 Å². The van der Waals surface area contributed by atoms with Crippen LogP contribution in [0.3, 0.4) is 0 Å². The molecule has 0 amide bonds. The van der Waals surface area contributed by atoms with E-state index in [0.717, 1.165) is 6.42 Å². The summed E-state index contributed by atoms with van der Waals surface area (Å²) in [5.74, 6) is 0. The zero-order valence-corrected chi connectivity index (χ0v) is 12.5. The normalized spacial score (nSPS) is 31.4. The van der Waals surface area contributed by atoms with Crippen LogP contribution in [0.25, 0.3) is 10.4 Å². The summed E-state index contributed by atoms with van der Waals surface area (Å²) < 4.78 is 0. The van der Waals surface area contributed by atoms with Gasteiger partial charge in [0.25, 0.3) is 0 Å². The number of unbranched alkanes of at least 4 members (excludes halogenated alkanes) is 5. The van der Waals surface area contributed by atoms with Crippen LogP contribution in [0.2, 0.25) is 0 Å². The molecule has 3 unspecified atom stereocenters. The zero-order chi connectivity index (χ0) is 14.3. The lowest BCUT2D eigenvalue weighted by Crippen LogP contribution is -2.26. The molecule has 0 aromatic carbocycles. The molecule has 0 aromatic rings. The number of hydrogen-bond donors (Lipinski definition) is 1. The van der Waals surface area contributed by atoms with Crippen molar-refractivity contribution in [2.24, 2.45) is 5.11 Å². The maximum Gasteiger partial charge on any atom is 0.0630 e. The van der Waals surface area contributed by atoms with Crippen molar-refractivity contribution < 1.29 is 5.11 Å². The second-order valence-electron chi connectivity index (χ2n) is 6.29. The fourth-order valence-electron chi connectivity index (χ4n) is 3.88. The van der Waals surface area contributed by atoms with E-state index in [1.807, 2.05) is 0 Å². The van der Waals surface area contributed by atoms with E-state index in [1.165, 1.54) is 64.3 Å². The maximum atomic E-state index is 9.63. The third-order valence-corrected chi connectivity index (χ3v) is 5.08. The fourth-order valence-corrected chi connectivity index (χ4v) is 3.88. The van der Waals surface area contributed by atoms with E-state index >= 15 is 0 Å². The molecule has 0 spiro atoms. The Morgan fingerprint density at radius 3 is 2.60 bits per heavy atom. The molecule has 1 N–H and O–H groups in total. The van der Waals surface area contributed by atoms with Crippen molar-refractivity contribution in [3.8, 4) is 0 Å². The first-order valence-electron chi connectivity index (χ1n) is 8.23. The van der Waals surface area contributed by atoms with Crippen LogP contribution in [0.1, 0.15) is 64.2 Å². The molecule has 1 aliphatic carbocycles. The van der Waals surface area contributed by atoms with Crippen LogP contribution in [0.4, 0.5) is 0 Å². The molecule has 1 heterocycles. The molecular weight excluding hydrogens is 252 g/mol. The van der Waals surface area contributed by atoms with Crippen molar-refractivity contribution in [1.29, 1.82) is 0 Å². The average Bonchev–Trinajstić information content (AvgIpc) is 3.14. The van der Waals surface area contributed by atoms with Crippen molar-refractivity contribution in [1.82, 2.24) is 4.90 Å². The Kier molecular flexibility index (Phi) is 6.14. The van der Waals surface area contributed by atoms with Gasteiger partial charge in [0.1, 0.15) is 0 Å². The van der Waals surface area contributed by atoms with E-state index in [9.17, 15) is 5.11 Å². The van der Waals surface area contributed by atoms with E-state index in [1.54, 1.807) is 0 Å². The molecule has 20 heavy (non-hydrogen) atoms. The number of likely N-dealkylation sites (tertiary alicyclic amines) is 1. The predicted molar refractivity (Wildman–Crippen MR) is 80.5 cm³/mol. The van der Waals surface area contributed by atoms with Crippen LogP contribution >= 0.6 is 0 Å². The first kappa shape index (κ1) is 15.6. The van der Waals surface area contributed by atoms with Crippen LogP contribution in [0, 0.1) is 0 Å². The number of aliphatic hydroxyl groups excluding tert-OH is 1. The minimum absolute atomic E-state index is 0.188. The van der Waals surface area contributed by atoms with Crippen LogP contribution < -0.4 is 0 Å². The van der Waals surface area contributed by atoms with Crippen molar-refractivity contribution in [2.75, 3.05) is 19.7 Å². The third-order valence-electron chi connectivity index (χ3n) is 5.08. The molecule has 2 fully saturated rings. The van der Waals surface area contributed by atoms with Crippen LogP contribution in [-0.4, -0.2) is 41.3 Å². The smallest absolute Gasteiger partial charge is 0.0630 e. The molecule has 2 rings (SSSR count). The Labute approximate surface area is 122 Å². The summed E-state index contributed by atoms with van der Waals surface area (Å²) in [7, 11) is 0. The summed E-state index contributed by atoms with van der Waals surface area (Å²) in [4.78, 5) is 5.32. The van der Waals surface area contributed by atoms with Gasteiger partial charge in [-0.05, 0) is 37.8 Å². The SMILES string of the molecule is [N-]=[N+]=NCCCCCCCCN1C2CCCCC21CO. The molecule has 2 aliphatic rings. The molecular formula is C15H28N4O. The molecule has 1 saturated heterocycles. The van der Waals surface area contributed by atoms with E-state index in [4.69, 9.17) is 5.53 Å². The highest BCUT2D eigenvalue weighted by molar-refractivity contribution is 5.18. The second-order valence-corrected chi connectivity index (χ2v) is 6.29. The van der Waals surface area contributed by atoms with Gasteiger partial charge in [-0.15, -0.1) is 0 Å². The number of fused-ring (bicyclic) bond motifs is 1. The van der Waals surface area contributed by atoms with Gasteiger partial charge in [-0.3, -0.25) is 4.90 Å². The van der Waals surface area contributed by atoms with Crippen LogP contribution in [0.5, 0.6) is 0 Å². The molecule has 5 heteroatoms. The average molecular weight is 280 g/mol. The molecule has 0 aromatic heterocycles. The zero-order valence-electron chi connectivity index (χ0n) is 12.5. The predicted octanol–water partition coefficient (Wildman–Crippen LogP) is 3.63. The summed E-state index contributed by atoms with van der Waals surface area (Å²) in [6, 6.07) is 0.685. The van der Waals surface area contributed by atoms with Gasteiger partial charge in [0, 0.05) is 17.5 Å². The fraction of sp³-hybridized carbons (Fsp3) is 1.00. The lowest BCUT2D eigenvalue weighted by molar-refractivity contribution is 0.198. The van der Waals surface area contributed by atoms with E-state index in [0.29, 0.717) is 19.2 Å². The van der Waals surface area contributed by atoms with E-state index in [-0.39, 0.29) is 5.54 Å². The number of rotatable bonds is 10. The topological polar surface area (TPSA) is 72.0 Å². The monoisotopic (exact) mass is 280 g/mol. The molecule has 114 valence electrons. The van der Waals surface area contributed by atoms with Crippen LogP contribution in [0.15, 0.2) is 5.11 Å². The standard InChI is InChI=1S/C15H28N4O/c16-18-17-11-7-3-1-2-4-8-12-19-14-9-5-6-10-15(14,19)13-20/h14,20H,1-13H2. The lowest BCUT2D eigenvalue weighted by atomic mass is 9.90. The molecule has 0 bridgehead atoms. The van der Waals surface area contributed by atoms with Gasteiger partial charge in [-0.1, -0.05) is 43.6 Å². The Bertz CT molecular complexity index is 343. The van der Waals surface area contributed by atoms with Gasteiger partial charge < -0.3 is 5.11 Å². The summed E-state index contributed by atoms with van der Waals surface area (Å²) >= 11 is 0. The Morgan fingerprint density at radius 2 is 1.90 bits per heavy atom. The minimum Gasteiger partial charge on any atom is -0.394 e. The van der Waals surface area contributed by atoms with Crippen molar-refractivity contribution >= 4 is 0 Å². The highest BCUT2D eigenvalue weighted by atomic mass is 16.3. The number of aliphatic hydroxyl groups is 1. The minimum atomic E-state index is 0.188. The second kappa shape index (κ2) is 7.87. The van der Waals surface area contributed by atoms with Gasteiger partial charge in [0.2, 0.25) is 0 Å². The third kappa shape index (κ3) is 3.66. The number of nitrogens with zero attached hydrogens (tertiary/aromatic N) is 4. The lowest BCUT2D eigenvalue weighted by Gasteiger charge is -2.17. The molecule has 3 atom stereocenters. The van der Waals surface area contributed by atoms with Crippen molar-refractivity contribution in [3.05, 3.63) is 10.4 Å². The largest absolute Gasteiger partial charge is 0.394 e. The van der Waals surface area contributed by atoms with E-state index in [2.05, 4.69) is 14.9 Å². The molecule has 5 nitrogen and oxygen atoms in total. The van der Waals surface area contributed by atoms with Gasteiger partial charge >= 0.3 is 0 Å². The molecule has 1 aliphatic heterocycles. The summed E-state index contributed by atoms with van der Waals surface area (Å²) in [5, 5.41) is 13.2. The molecule has 0 radical (unpaired) electrons. The summed E-state index contributed by atoms with van der Waals surface area (Å²) in [6.45, 7) is 2.17. The van der Waals surface area contributed by atoms with Gasteiger partial charge in [-0.25, -0.2) is 0 Å². The van der Waals surface area contributed by atoms with Gasteiger partial charge in [-0.2, -0.15) is 0 Å². The van der Waals surface area contributed by atoms with E-state index < -0.39 is 0 Å². The number of azide groups is 1. The number of hydrogen-bond acceptors (Lipinski definition) is 3. The Morgan fingerprint density at radius 1 is 1.15 bits per heavy atom. The molecule has 1 saturated carbocycles.